The maximum absolute atomic E-state index is 12.4. The van der Waals surface area contributed by atoms with Gasteiger partial charge < -0.3 is 24.0 Å². The molecule has 2 unspecified atom stereocenters. The first-order valence-electron chi connectivity index (χ1n) is 12.0. The second-order valence-electron chi connectivity index (χ2n) is 9.51. The molecule has 2 fully saturated rings. The van der Waals surface area contributed by atoms with Crippen molar-refractivity contribution in [1.82, 2.24) is 15.0 Å². The Kier molecular flexibility index (Phi) is 7.38. The predicted octanol–water partition coefficient (Wildman–Crippen LogP) is 4.74. The number of hydrogen-bond acceptors (Lipinski definition) is 7. The number of nitrogens with zero attached hydrogens (tertiary/aromatic N) is 3. The van der Waals surface area contributed by atoms with Gasteiger partial charge in [-0.15, -0.1) is 0 Å². The van der Waals surface area contributed by atoms with E-state index >= 15 is 0 Å². The largest absolute Gasteiger partial charge is 0.489 e. The zero-order chi connectivity index (χ0) is 24.2. The third-order valence-electron chi connectivity index (χ3n) is 6.74. The van der Waals surface area contributed by atoms with Crippen LogP contribution in [0.1, 0.15) is 61.9 Å². The molecule has 0 aliphatic heterocycles. The molecule has 1 amide bonds. The van der Waals surface area contributed by atoms with E-state index < -0.39 is 5.97 Å². The summed E-state index contributed by atoms with van der Waals surface area (Å²) in [5.41, 5.74) is 2.57. The molecule has 2 heterocycles. The van der Waals surface area contributed by atoms with Crippen LogP contribution in [0.15, 0.2) is 16.7 Å². The number of carbonyl (C=O) groups excluding carboxylic acids is 1. The van der Waals surface area contributed by atoms with Gasteiger partial charge in [0.25, 0.3) is 0 Å². The van der Waals surface area contributed by atoms with Gasteiger partial charge in [0.15, 0.2) is 5.76 Å². The van der Waals surface area contributed by atoms with Crippen molar-refractivity contribution in [3.63, 3.8) is 0 Å². The first-order chi connectivity index (χ1) is 16.3. The molecule has 0 spiro atoms. The Morgan fingerprint density at radius 2 is 1.97 bits per heavy atom. The number of carbonyl (C=O) groups is 2. The van der Waals surface area contributed by atoms with Crippen LogP contribution in [-0.4, -0.2) is 51.9 Å². The van der Waals surface area contributed by atoms with Gasteiger partial charge in [-0.05, 0) is 64.0 Å². The van der Waals surface area contributed by atoms with Crippen LogP contribution in [0, 0.1) is 25.7 Å². The summed E-state index contributed by atoms with van der Waals surface area (Å²) < 4.78 is 17.1. The third-order valence-corrected chi connectivity index (χ3v) is 6.74. The maximum Gasteiger partial charge on any atom is 0.409 e. The van der Waals surface area contributed by atoms with E-state index in [1.54, 1.807) is 24.9 Å². The van der Waals surface area contributed by atoms with Gasteiger partial charge >= 0.3 is 12.1 Å². The number of carboxylic acid groups (broad SMARTS) is 1. The lowest BCUT2D eigenvalue weighted by atomic mass is 9.87. The van der Waals surface area contributed by atoms with Crippen LogP contribution >= 0.6 is 0 Å². The number of carboxylic acids is 1. The first kappa shape index (κ1) is 24.0. The van der Waals surface area contributed by atoms with Crippen LogP contribution in [0.25, 0.3) is 11.5 Å². The molecule has 2 aromatic rings. The minimum absolute atomic E-state index is 0.0505. The highest BCUT2D eigenvalue weighted by Crippen LogP contribution is 2.33. The molecule has 9 nitrogen and oxygen atoms in total. The van der Waals surface area contributed by atoms with E-state index in [0.717, 1.165) is 25.2 Å². The van der Waals surface area contributed by atoms with Gasteiger partial charge in [0, 0.05) is 13.6 Å². The Bertz CT molecular complexity index is 1030. The molecule has 184 valence electrons. The molecule has 2 aliphatic rings. The van der Waals surface area contributed by atoms with Crippen LogP contribution in [0.4, 0.5) is 4.79 Å². The van der Waals surface area contributed by atoms with E-state index in [9.17, 15) is 14.7 Å². The molecule has 0 saturated heterocycles. The number of hydrogen-bond donors (Lipinski definition) is 1. The fraction of sp³-hybridized carbons (Fsp3) is 0.600. The standard InChI is InChI=1S/C25H33N3O6/c1-15-20(14-32-25(31)28(3)12-11-17-7-8-17)23(34-27-15)21-9-10-22(16(2)26-21)33-19-6-4-5-18(13-19)24(29)30/h9-10,17-19H,4-8,11-14H2,1-3H3,(H,29,30). The van der Waals surface area contributed by atoms with E-state index in [4.69, 9.17) is 14.0 Å². The number of rotatable bonds is 9. The van der Waals surface area contributed by atoms with Crippen LogP contribution < -0.4 is 4.74 Å². The number of aliphatic carboxylic acids is 1. The van der Waals surface area contributed by atoms with Crippen LogP contribution in [0.5, 0.6) is 5.75 Å². The fourth-order valence-corrected chi connectivity index (χ4v) is 4.33. The maximum atomic E-state index is 12.4. The molecule has 2 aliphatic carbocycles. The minimum Gasteiger partial charge on any atom is -0.489 e. The summed E-state index contributed by atoms with van der Waals surface area (Å²) in [7, 11) is 1.75. The lowest BCUT2D eigenvalue weighted by molar-refractivity contribution is -0.143. The Hall–Kier alpha value is -3.10. The zero-order valence-electron chi connectivity index (χ0n) is 20.1. The lowest BCUT2D eigenvalue weighted by Crippen LogP contribution is -2.29. The van der Waals surface area contributed by atoms with Gasteiger partial charge in [-0.3, -0.25) is 4.79 Å². The summed E-state index contributed by atoms with van der Waals surface area (Å²) in [4.78, 5) is 29.9. The van der Waals surface area contributed by atoms with Crippen molar-refractivity contribution in [2.75, 3.05) is 13.6 Å². The first-order valence-corrected chi connectivity index (χ1v) is 12.0. The average molecular weight is 472 g/mol. The molecule has 2 aromatic heterocycles. The topological polar surface area (TPSA) is 115 Å². The van der Waals surface area contributed by atoms with E-state index in [0.29, 0.717) is 53.5 Å². The monoisotopic (exact) mass is 471 g/mol. The van der Waals surface area contributed by atoms with Gasteiger partial charge in [0.1, 0.15) is 18.1 Å². The second kappa shape index (κ2) is 10.4. The SMILES string of the molecule is Cc1nc(-c2onc(C)c2COC(=O)N(C)CCC2CC2)ccc1OC1CCCC(C(=O)O)C1. The quantitative estimate of drug-likeness (QED) is 0.557. The van der Waals surface area contributed by atoms with Crippen molar-refractivity contribution < 1.29 is 28.7 Å². The van der Waals surface area contributed by atoms with Crippen LogP contribution in [0.2, 0.25) is 0 Å². The Morgan fingerprint density at radius 1 is 1.18 bits per heavy atom. The molecule has 0 aromatic carbocycles. The van der Waals surface area contributed by atoms with Crippen molar-refractivity contribution in [2.45, 2.75) is 71.5 Å². The van der Waals surface area contributed by atoms with Crippen molar-refractivity contribution in [3.8, 4) is 17.2 Å². The normalized spacial score (nSPS) is 20.1. The highest BCUT2D eigenvalue weighted by molar-refractivity contribution is 5.70. The number of ether oxygens (including phenoxy) is 2. The summed E-state index contributed by atoms with van der Waals surface area (Å²) >= 11 is 0. The molecule has 2 saturated carbocycles. The van der Waals surface area contributed by atoms with Gasteiger partial charge in [0.2, 0.25) is 0 Å². The number of aromatic nitrogens is 2. The van der Waals surface area contributed by atoms with Crippen molar-refractivity contribution in [3.05, 3.63) is 29.1 Å². The lowest BCUT2D eigenvalue weighted by Gasteiger charge is -2.27. The van der Waals surface area contributed by atoms with Crippen LogP contribution in [0.3, 0.4) is 0 Å². The molecule has 2 atom stereocenters. The highest BCUT2D eigenvalue weighted by atomic mass is 16.6. The summed E-state index contributed by atoms with van der Waals surface area (Å²) in [6.45, 7) is 4.39. The third kappa shape index (κ3) is 5.87. The van der Waals surface area contributed by atoms with Gasteiger partial charge in [-0.2, -0.15) is 0 Å². The number of aryl methyl sites for hydroxylation is 2. The van der Waals surface area contributed by atoms with E-state index in [1.807, 2.05) is 13.0 Å². The fourth-order valence-electron chi connectivity index (χ4n) is 4.33. The smallest absolute Gasteiger partial charge is 0.409 e. The zero-order valence-corrected chi connectivity index (χ0v) is 20.1. The number of pyridine rings is 1. The van der Waals surface area contributed by atoms with E-state index in [1.165, 1.54) is 12.8 Å². The summed E-state index contributed by atoms with van der Waals surface area (Å²) in [5.74, 6) is 0.716. The van der Waals surface area contributed by atoms with Crippen molar-refractivity contribution >= 4 is 12.1 Å². The Labute approximate surface area is 199 Å². The minimum atomic E-state index is -0.762. The molecular formula is C25H33N3O6. The van der Waals surface area contributed by atoms with E-state index in [2.05, 4.69) is 10.1 Å². The molecule has 34 heavy (non-hydrogen) atoms. The summed E-state index contributed by atoms with van der Waals surface area (Å²) in [6, 6.07) is 3.61. The van der Waals surface area contributed by atoms with Gasteiger partial charge in [0.05, 0.1) is 29.0 Å². The summed E-state index contributed by atoms with van der Waals surface area (Å²) in [6.07, 6.45) is 5.88. The molecule has 0 radical (unpaired) electrons. The second-order valence-corrected chi connectivity index (χ2v) is 9.51. The van der Waals surface area contributed by atoms with Gasteiger partial charge in [-0.1, -0.05) is 18.0 Å². The van der Waals surface area contributed by atoms with Gasteiger partial charge in [-0.25, -0.2) is 9.78 Å². The van der Waals surface area contributed by atoms with E-state index in [-0.39, 0.29) is 24.7 Å². The molecule has 0 bridgehead atoms. The Morgan fingerprint density at radius 3 is 2.68 bits per heavy atom. The van der Waals surface area contributed by atoms with Crippen molar-refractivity contribution in [2.24, 2.45) is 11.8 Å². The molecule has 9 heteroatoms. The molecular weight excluding hydrogens is 438 g/mol. The van der Waals surface area contributed by atoms with Crippen molar-refractivity contribution in [1.29, 1.82) is 0 Å². The Balaban J connectivity index is 1.40. The molecule has 1 N–H and O–H groups in total. The summed E-state index contributed by atoms with van der Waals surface area (Å²) in [5, 5.41) is 13.4. The highest BCUT2D eigenvalue weighted by Gasteiger charge is 2.29. The predicted molar refractivity (Wildman–Crippen MR) is 123 cm³/mol. The van der Waals surface area contributed by atoms with Crippen LogP contribution in [-0.2, 0) is 16.1 Å². The average Bonchev–Trinajstić information content (AvgIpc) is 3.58. The number of amides is 1. The molecule has 4 rings (SSSR count).